The van der Waals surface area contributed by atoms with Gasteiger partial charge >= 0.3 is 0 Å². The van der Waals surface area contributed by atoms with Crippen LogP contribution in [0.3, 0.4) is 0 Å². The van der Waals surface area contributed by atoms with E-state index in [4.69, 9.17) is 5.73 Å². The molecule has 5 heteroatoms. The number of carbonyl (C=O) groups excluding carboxylic acids is 2. The van der Waals surface area contributed by atoms with Crippen molar-refractivity contribution in [1.82, 2.24) is 10.6 Å². The average molecular weight is 227 g/mol. The van der Waals surface area contributed by atoms with Gasteiger partial charge in [-0.2, -0.15) is 0 Å². The lowest BCUT2D eigenvalue weighted by Crippen LogP contribution is -2.46. The van der Waals surface area contributed by atoms with Crippen molar-refractivity contribution in [3.05, 3.63) is 0 Å². The van der Waals surface area contributed by atoms with Crippen LogP contribution in [0.1, 0.15) is 26.7 Å². The molecule has 1 aliphatic rings. The van der Waals surface area contributed by atoms with E-state index < -0.39 is 11.3 Å². The van der Waals surface area contributed by atoms with Crippen molar-refractivity contribution in [2.45, 2.75) is 26.7 Å². The maximum atomic E-state index is 11.8. The summed E-state index contributed by atoms with van der Waals surface area (Å²) in [5.74, 6) is -0.353. The summed E-state index contributed by atoms with van der Waals surface area (Å²) < 4.78 is 0. The van der Waals surface area contributed by atoms with Gasteiger partial charge in [-0.1, -0.05) is 0 Å². The van der Waals surface area contributed by atoms with Crippen LogP contribution in [0.15, 0.2) is 0 Å². The fraction of sp³-hybridized carbons (Fsp3) is 0.818. The van der Waals surface area contributed by atoms with Crippen molar-refractivity contribution in [1.29, 1.82) is 0 Å². The van der Waals surface area contributed by atoms with E-state index in [0.717, 1.165) is 25.9 Å². The first-order valence-electron chi connectivity index (χ1n) is 5.72. The molecule has 16 heavy (non-hydrogen) atoms. The third-order valence-corrected chi connectivity index (χ3v) is 3.04. The van der Waals surface area contributed by atoms with Gasteiger partial charge in [-0.15, -0.1) is 0 Å². The Bertz CT molecular complexity index is 270. The summed E-state index contributed by atoms with van der Waals surface area (Å²) in [6.45, 7) is 5.47. The highest BCUT2D eigenvalue weighted by molar-refractivity contribution is 5.83. The van der Waals surface area contributed by atoms with Gasteiger partial charge in [0.05, 0.1) is 11.3 Å². The molecule has 2 amide bonds. The Morgan fingerprint density at radius 3 is 2.69 bits per heavy atom. The standard InChI is InChI=1S/C11H21N3O2/c1-11(2,10(12)16)7-14-9(15)8-4-3-5-13-6-8/h8,13H,3-7H2,1-2H3,(H2,12,16)(H,14,15)/t8-/m0/s1. The second kappa shape index (κ2) is 5.30. The second-order valence-electron chi connectivity index (χ2n) is 5.01. The minimum Gasteiger partial charge on any atom is -0.369 e. The van der Waals surface area contributed by atoms with E-state index in [1.54, 1.807) is 13.8 Å². The van der Waals surface area contributed by atoms with Gasteiger partial charge < -0.3 is 16.4 Å². The second-order valence-corrected chi connectivity index (χ2v) is 5.01. The predicted molar refractivity (Wildman–Crippen MR) is 61.6 cm³/mol. The monoisotopic (exact) mass is 227 g/mol. The highest BCUT2D eigenvalue weighted by Gasteiger charge is 2.27. The molecular formula is C11H21N3O2. The van der Waals surface area contributed by atoms with Crippen molar-refractivity contribution >= 4 is 11.8 Å². The fourth-order valence-corrected chi connectivity index (χ4v) is 1.62. The van der Waals surface area contributed by atoms with Gasteiger partial charge in [-0.3, -0.25) is 9.59 Å². The number of carbonyl (C=O) groups is 2. The lowest BCUT2D eigenvalue weighted by molar-refractivity contribution is -0.128. The van der Waals surface area contributed by atoms with Crippen molar-refractivity contribution in [3.63, 3.8) is 0 Å². The Morgan fingerprint density at radius 2 is 2.19 bits per heavy atom. The third kappa shape index (κ3) is 3.48. The zero-order valence-electron chi connectivity index (χ0n) is 10.0. The molecule has 1 atom stereocenters. The topological polar surface area (TPSA) is 84.2 Å². The van der Waals surface area contributed by atoms with E-state index in [1.807, 2.05) is 0 Å². The molecule has 0 saturated carbocycles. The summed E-state index contributed by atoms with van der Waals surface area (Å²) in [6.07, 6.45) is 1.94. The first-order chi connectivity index (χ1) is 7.43. The molecule has 1 rings (SSSR count). The Balaban J connectivity index is 2.37. The fourth-order valence-electron chi connectivity index (χ4n) is 1.62. The number of amides is 2. The maximum Gasteiger partial charge on any atom is 0.224 e. The van der Waals surface area contributed by atoms with E-state index in [0.29, 0.717) is 6.54 Å². The van der Waals surface area contributed by atoms with E-state index >= 15 is 0 Å². The number of rotatable bonds is 4. The molecule has 0 radical (unpaired) electrons. The van der Waals surface area contributed by atoms with Crippen molar-refractivity contribution in [2.75, 3.05) is 19.6 Å². The maximum absolute atomic E-state index is 11.8. The molecule has 1 saturated heterocycles. The van der Waals surface area contributed by atoms with Crippen molar-refractivity contribution in [2.24, 2.45) is 17.1 Å². The van der Waals surface area contributed by atoms with Gasteiger partial charge in [0, 0.05) is 13.1 Å². The Hall–Kier alpha value is -1.10. The molecular weight excluding hydrogens is 206 g/mol. The molecule has 1 aliphatic heterocycles. The predicted octanol–water partition coefficient (Wildman–Crippen LogP) is -0.386. The van der Waals surface area contributed by atoms with Gasteiger partial charge in [0.25, 0.3) is 0 Å². The molecule has 0 bridgehead atoms. The molecule has 0 unspecified atom stereocenters. The molecule has 92 valence electrons. The quantitative estimate of drug-likeness (QED) is 0.612. The summed E-state index contributed by atoms with van der Waals surface area (Å²) in [4.78, 5) is 22.8. The molecule has 0 aromatic heterocycles. The summed E-state index contributed by atoms with van der Waals surface area (Å²) in [7, 11) is 0. The van der Waals surface area contributed by atoms with Gasteiger partial charge in [0.1, 0.15) is 0 Å². The van der Waals surface area contributed by atoms with Crippen molar-refractivity contribution < 1.29 is 9.59 Å². The van der Waals surface area contributed by atoms with Gasteiger partial charge in [0.15, 0.2) is 0 Å². The zero-order valence-corrected chi connectivity index (χ0v) is 10.0. The number of hydrogen-bond acceptors (Lipinski definition) is 3. The first-order valence-corrected chi connectivity index (χ1v) is 5.72. The lowest BCUT2D eigenvalue weighted by atomic mass is 9.92. The number of piperidine rings is 1. The molecule has 0 aliphatic carbocycles. The van der Waals surface area contributed by atoms with Gasteiger partial charge in [-0.25, -0.2) is 0 Å². The minimum absolute atomic E-state index is 0.0153. The average Bonchev–Trinajstić information content (AvgIpc) is 2.27. The number of primary amides is 1. The van der Waals surface area contributed by atoms with Crippen LogP contribution in [0.25, 0.3) is 0 Å². The number of nitrogens with one attached hydrogen (secondary N) is 2. The summed E-state index contributed by atoms with van der Waals surface area (Å²) in [5.41, 5.74) is 4.55. The molecule has 0 aromatic carbocycles. The summed E-state index contributed by atoms with van der Waals surface area (Å²) in [5, 5.41) is 5.98. The van der Waals surface area contributed by atoms with Crippen LogP contribution in [-0.4, -0.2) is 31.4 Å². The smallest absolute Gasteiger partial charge is 0.224 e. The normalized spacial score (nSPS) is 21.5. The van der Waals surface area contributed by atoms with Gasteiger partial charge in [-0.05, 0) is 33.2 Å². The Labute approximate surface area is 96.1 Å². The van der Waals surface area contributed by atoms with Crippen LogP contribution in [0, 0.1) is 11.3 Å². The highest BCUT2D eigenvalue weighted by atomic mass is 16.2. The summed E-state index contributed by atoms with van der Waals surface area (Å²) in [6, 6.07) is 0. The van der Waals surface area contributed by atoms with E-state index in [1.165, 1.54) is 0 Å². The molecule has 1 heterocycles. The SMILES string of the molecule is CC(C)(CNC(=O)[C@H]1CCCNC1)C(N)=O. The number of nitrogens with two attached hydrogens (primary N) is 1. The van der Waals surface area contributed by atoms with E-state index in [2.05, 4.69) is 10.6 Å². The molecule has 1 fully saturated rings. The largest absolute Gasteiger partial charge is 0.369 e. The van der Waals surface area contributed by atoms with E-state index in [9.17, 15) is 9.59 Å². The van der Waals surface area contributed by atoms with Crippen LogP contribution in [0.5, 0.6) is 0 Å². The minimum atomic E-state index is -0.683. The van der Waals surface area contributed by atoms with Crippen LogP contribution < -0.4 is 16.4 Å². The van der Waals surface area contributed by atoms with Crippen LogP contribution in [0.2, 0.25) is 0 Å². The molecule has 0 aromatic rings. The van der Waals surface area contributed by atoms with Crippen molar-refractivity contribution in [3.8, 4) is 0 Å². The number of hydrogen-bond donors (Lipinski definition) is 3. The van der Waals surface area contributed by atoms with E-state index in [-0.39, 0.29) is 11.8 Å². The Morgan fingerprint density at radius 1 is 1.50 bits per heavy atom. The third-order valence-electron chi connectivity index (χ3n) is 3.04. The first kappa shape index (κ1) is 13.0. The van der Waals surface area contributed by atoms with Crippen LogP contribution in [-0.2, 0) is 9.59 Å². The molecule has 4 N–H and O–H groups in total. The Kier molecular flexibility index (Phi) is 4.29. The van der Waals surface area contributed by atoms with Gasteiger partial charge in [0.2, 0.25) is 11.8 Å². The summed E-state index contributed by atoms with van der Waals surface area (Å²) >= 11 is 0. The zero-order chi connectivity index (χ0) is 12.2. The molecule has 0 spiro atoms. The highest BCUT2D eigenvalue weighted by Crippen LogP contribution is 2.14. The molecule has 5 nitrogen and oxygen atoms in total. The lowest BCUT2D eigenvalue weighted by Gasteiger charge is -2.25. The van der Waals surface area contributed by atoms with Crippen LogP contribution in [0.4, 0.5) is 0 Å². The van der Waals surface area contributed by atoms with Crippen LogP contribution >= 0.6 is 0 Å².